The van der Waals surface area contributed by atoms with Gasteiger partial charge in [0.1, 0.15) is 11.8 Å². The van der Waals surface area contributed by atoms with E-state index in [-0.39, 0.29) is 30.5 Å². The van der Waals surface area contributed by atoms with Crippen molar-refractivity contribution in [3.05, 3.63) is 75.4 Å². The molecule has 2 amide bonds. The molecule has 1 aliphatic rings. The summed E-state index contributed by atoms with van der Waals surface area (Å²) >= 11 is 0. The maximum Gasteiger partial charge on any atom is 0.338 e. The first-order chi connectivity index (χ1) is 14.8. The number of hydrogen-bond donors (Lipinski definition) is 2. The van der Waals surface area contributed by atoms with Crippen LogP contribution >= 0.6 is 0 Å². The van der Waals surface area contributed by atoms with E-state index in [4.69, 9.17) is 9.15 Å². The van der Waals surface area contributed by atoms with Crippen LogP contribution in [-0.2, 0) is 9.53 Å². The van der Waals surface area contributed by atoms with E-state index >= 15 is 0 Å². The van der Waals surface area contributed by atoms with Gasteiger partial charge in [0.2, 0.25) is 0 Å². The molecule has 10 heteroatoms. The number of nitro groups is 1. The molecule has 31 heavy (non-hydrogen) atoms. The molecule has 2 N–H and O–H groups in total. The third kappa shape index (κ3) is 4.92. The lowest BCUT2D eigenvalue weighted by molar-refractivity contribution is -0.384. The summed E-state index contributed by atoms with van der Waals surface area (Å²) in [6.07, 6.45) is 1.46. The first-order valence-corrected chi connectivity index (χ1v) is 9.77. The van der Waals surface area contributed by atoms with Crippen molar-refractivity contribution in [1.82, 2.24) is 15.5 Å². The zero-order valence-corrected chi connectivity index (χ0v) is 17.5. The highest BCUT2D eigenvalue weighted by molar-refractivity contribution is 5.95. The monoisotopic (exact) mass is 428 g/mol. The zero-order chi connectivity index (χ0) is 22.5. The summed E-state index contributed by atoms with van der Waals surface area (Å²) in [6, 6.07) is 8.20. The minimum absolute atomic E-state index is 0.00256. The molecule has 0 fully saturated rings. The fourth-order valence-electron chi connectivity index (χ4n) is 3.40. The van der Waals surface area contributed by atoms with Crippen molar-refractivity contribution in [2.75, 3.05) is 20.2 Å². The number of esters is 1. The molecule has 10 nitrogen and oxygen atoms in total. The quantitative estimate of drug-likeness (QED) is 0.376. The summed E-state index contributed by atoms with van der Waals surface area (Å²) in [5.41, 5.74) is 1.35. The lowest BCUT2D eigenvalue weighted by atomic mass is 9.99. The van der Waals surface area contributed by atoms with E-state index in [0.717, 1.165) is 5.56 Å². The van der Waals surface area contributed by atoms with Gasteiger partial charge >= 0.3 is 12.0 Å². The third-order valence-electron chi connectivity index (χ3n) is 5.11. The normalized spacial score (nSPS) is 17.2. The Kier molecular flexibility index (Phi) is 6.71. The molecular weight excluding hydrogens is 404 g/mol. The number of carbonyl (C=O) groups is 2. The minimum Gasteiger partial charge on any atom is -0.467 e. The highest BCUT2D eigenvalue weighted by Gasteiger charge is 2.36. The minimum atomic E-state index is -0.792. The molecule has 0 saturated carbocycles. The van der Waals surface area contributed by atoms with Gasteiger partial charge in [-0.05, 0) is 38.6 Å². The van der Waals surface area contributed by atoms with E-state index in [0.29, 0.717) is 11.5 Å². The maximum absolute atomic E-state index is 12.8. The molecule has 2 atom stereocenters. The van der Waals surface area contributed by atoms with Gasteiger partial charge in [0, 0.05) is 30.4 Å². The van der Waals surface area contributed by atoms with E-state index in [2.05, 4.69) is 10.6 Å². The maximum atomic E-state index is 12.8. The second kappa shape index (κ2) is 9.43. The van der Waals surface area contributed by atoms with Crippen LogP contribution in [0.3, 0.4) is 0 Å². The van der Waals surface area contributed by atoms with Crippen molar-refractivity contribution in [1.29, 1.82) is 0 Å². The summed E-state index contributed by atoms with van der Waals surface area (Å²) in [6.45, 7) is 3.96. The molecule has 0 spiro atoms. The Morgan fingerprint density at radius 1 is 1.35 bits per heavy atom. The number of nitrogens with zero attached hydrogens (tertiary/aromatic N) is 2. The smallest absolute Gasteiger partial charge is 0.338 e. The molecule has 0 radical (unpaired) electrons. The van der Waals surface area contributed by atoms with Crippen molar-refractivity contribution in [3.63, 3.8) is 0 Å². The number of nitrogens with one attached hydrogen (secondary N) is 2. The summed E-state index contributed by atoms with van der Waals surface area (Å²) in [5, 5.41) is 16.5. The molecule has 0 bridgehead atoms. The molecule has 0 unspecified atom stereocenters. The summed E-state index contributed by atoms with van der Waals surface area (Å²) in [5.74, 6) is -0.160. The summed E-state index contributed by atoms with van der Waals surface area (Å²) < 4.78 is 10.6. The number of ether oxygens (including phenoxy) is 1. The standard InChI is InChI=1S/C21H24N4O6/c1-4-30-20(26)18-16(22-21(27)23-19(18)17-9-6-10-31-17)12-24(3)13(2)14-7-5-8-15(11-14)25(28)29/h5-11,13,19H,4,12H2,1-3H3,(H2,22,23,27)/t13-,19-/m0/s1. The van der Waals surface area contributed by atoms with Crippen LogP contribution in [-0.4, -0.2) is 42.0 Å². The van der Waals surface area contributed by atoms with Gasteiger partial charge in [-0.1, -0.05) is 12.1 Å². The Bertz CT molecular complexity index is 1000. The molecule has 1 aromatic carbocycles. The van der Waals surface area contributed by atoms with Gasteiger partial charge in [-0.15, -0.1) is 0 Å². The number of amides is 2. The Morgan fingerprint density at radius 3 is 2.77 bits per heavy atom. The van der Waals surface area contributed by atoms with Gasteiger partial charge in [0.15, 0.2) is 0 Å². The van der Waals surface area contributed by atoms with Gasteiger partial charge in [-0.3, -0.25) is 15.0 Å². The number of hydrogen-bond acceptors (Lipinski definition) is 7. The number of benzene rings is 1. The van der Waals surface area contributed by atoms with E-state index in [1.165, 1.54) is 18.4 Å². The van der Waals surface area contributed by atoms with Crippen molar-refractivity contribution in [2.24, 2.45) is 0 Å². The lowest BCUT2D eigenvalue weighted by Crippen LogP contribution is -2.48. The van der Waals surface area contributed by atoms with E-state index < -0.39 is 23.0 Å². The van der Waals surface area contributed by atoms with Crippen molar-refractivity contribution in [3.8, 4) is 0 Å². The summed E-state index contributed by atoms with van der Waals surface area (Å²) in [7, 11) is 1.80. The summed E-state index contributed by atoms with van der Waals surface area (Å²) in [4.78, 5) is 37.6. The largest absolute Gasteiger partial charge is 0.467 e. The molecule has 2 heterocycles. The van der Waals surface area contributed by atoms with Gasteiger partial charge in [0.25, 0.3) is 5.69 Å². The van der Waals surface area contributed by atoms with Gasteiger partial charge in [0.05, 0.1) is 23.4 Å². The number of urea groups is 1. The highest BCUT2D eigenvalue weighted by atomic mass is 16.6. The Labute approximate surface area is 179 Å². The Morgan fingerprint density at radius 2 is 2.13 bits per heavy atom. The van der Waals surface area contributed by atoms with Crippen LogP contribution in [0, 0.1) is 10.1 Å². The predicted molar refractivity (Wildman–Crippen MR) is 111 cm³/mol. The Hall–Kier alpha value is -3.66. The van der Waals surface area contributed by atoms with E-state index in [9.17, 15) is 19.7 Å². The van der Waals surface area contributed by atoms with Crippen molar-refractivity contribution >= 4 is 17.7 Å². The first kappa shape index (κ1) is 22.0. The van der Waals surface area contributed by atoms with Gasteiger partial charge in [-0.25, -0.2) is 9.59 Å². The predicted octanol–water partition coefficient (Wildman–Crippen LogP) is 3.05. The van der Waals surface area contributed by atoms with Crippen LogP contribution < -0.4 is 10.6 Å². The molecule has 1 aliphatic heterocycles. The number of non-ortho nitro benzene ring substituents is 1. The van der Waals surface area contributed by atoms with Crippen LogP contribution in [0.1, 0.15) is 37.3 Å². The Balaban J connectivity index is 1.93. The van der Waals surface area contributed by atoms with Crippen LogP contribution in [0.5, 0.6) is 0 Å². The first-order valence-electron chi connectivity index (χ1n) is 9.77. The van der Waals surface area contributed by atoms with E-state index in [1.54, 1.807) is 38.2 Å². The van der Waals surface area contributed by atoms with Crippen LogP contribution in [0.15, 0.2) is 58.3 Å². The SMILES string of the molecule is CCOC(=O)C1=C(CN(C)[C@@H](C)c2cccc([N+](=O)[O-])c2)NC(=O)N[C@H]1c1ccco1. The number of furan rings is 1. The van der Waals surface area contributed by atoms with Gasteiger partial charge < -0.3 is 19.8 Å². The second-order valence-electron chi connectivity index (χ2n) is 7.10. The molecule has 1 aromatic heterocycles. The second-order valence-corrected chi connectivity index (χ2v) is 7.10. The molecule has 2 aromatic rings. The van der Waals surface area contributed by atoms with Crippen LogP contribution in [0.4, 0.5) is 10.5 Å². The molecule has 3 rings (SSSR count). The molecular formula is C21H24N4O6. The molecule has 0 saturated heterocycles. The average molecular weight is 428 g/mol. The number of carbonyl (C=O) groups excluding carboxylic acids is 2. The molecule has 0 aliphatic carbocycles. The van der Waals surface area contributed by atoms with Crippen molar-refractivity contribution < 1.29 is 23.7 Å². The fourth-order valence-corrected chi connectivity index (χ4v) is 3.40. The van der Waals surface area contributed by atoms with Crippen molar-refractivity contribution in [2.45, 2.75) is 25.9 Å². The average Bonchev–Trinajstić information content (AvgIpc) is 3.27. The van der Waals surface area contributed by atoms with E-state index in [1.807, 2.05) is 11.8 Å². The fraction of sp³-hybridized carbons (Fsp3) is 0.333. The van der Waals surface area contributed by atoms with Crippen LogP contribution in [0.2, 0.25) is 0 Å². The van der Waals surface area contributed by atoms with Crippen LogP contribution in [0.25, 0.3) is 0 Å². The molecule has 164 valence electrons. The van der Waals surface area contributed by atoms with Gasteiger partial charge in [-0.2, -0.15) is 0 Å². The third-order valence-corrected chi connectivity index (χ3v) is 5.11. The number of rotatable bonds is 8. The topological polar surface area (TPSA) is 127 Å². The zero-order valence-electron chi connectivity index (χ0n) is 17.5. The lowest BCUT2D eigenvalue weighted by Gasteiger charge is -2.32. The highest BCUT2D eigenvalue weighted by Crippen LogP contribution is 2.30. The number of nitro benzene ring substituents is 1. The number of likely N-dealkylation sites (N-methyl/N-ethyl adjacent to an activating group) is 1.